The molecule has 1 aromatic carbocycles. The molecule has 0 saturated heterocycles. The van der Waals surface area contributed by atoms with Gasteiger partial charge >= 0.3 is 0 Å². The fraction of sp³-hybridized carbons (Fsp3) is 0.333. The first-order valence-corrected chi connectivity index (χ1v) is 7.07. The summed E-state index contributed by atoms with van der Waals surface area (Å²) in [5.41, 5.74) is 2.54. The van der Waals surface area contributed by atoms with Crippen molar-refractivity contribution in [3.63, 3.8) is 0 Å². The molecule has 0 atom stereocenters. The number of hydrogen-bond acceptors (Lipinski definition) is 3. The topological polar surface area (TPSA) is 46.9 Å². The van der Waals surface area contributed by atoms with Crippen molar-refractivity contribution in [2.75, 3.05) is 11.2 Å². The molecule has 0 fully saturated rings. The van der Waals surface area contributed by atoms with E-state index in [1.165, 1.54) is 4.57 Å². The summed E-state index contributed by atoms with van der Waals surface area (Å²) in [5, 5.41) is 3.20. The molecule has 0 bridgehead atoms. The van der Waals surface area contributed by atoms with Crippen LogP contribution >= 0.6 is 11.6 Å². The van der Waals surface area contributed by atoms with Gasteiger partial charge in [-0.2, -0.15) is 0 Å². The molecule has 106 valence electrons. The molecule has 0 aliphatic carbocycles. The minimum absolute atomic E-state index is 0.0336. The smallest absolute Gasteiger partial charge is 0.258 e. The number of alkyl halides is 1. The highest BCUT2D eigenvalue weighted by atomic mass is 35.5. The van der Waals surface area contributed by atoms with E-state index in [-0.39, 0.29) is 5.56 Å². The fourth-order valence-corrected chi connectivity index (χ4v) is 2.26. The van der Waals surface area contributed by atoms with Gasteiger partial charge in [-0.25, -0.2) is 4.98 Å². The Morgan fingerprint density at radius 1 is 1.30 bits per heavy atom. The van der Waals surface area contributed by atoms with Crippen LogP contribution in [0.4, 0.5) is 5.95 Å². The van der Waals surface area contributed by atoms with Crippen LogP contribution in [0, 0.1) is 6.92 Å². The zero-order valence-corrected chi connectivity index (χ0v) is 12.4. The number of nitrogens with one attached hydrogen (secondary N) is 1. The Balaban J connectivity index is 2.23. The van der Waals surface area contributed by atoms with E-state index in [0.29, 0.717) is 30.4 Å². The third kappa shape index (κ3) is 3.20. The Bertz CT molecular complexity index is 638. The number of halogens is 1. The molecule has 0 aliphatic rings. The average molecular weight is 292 g/mol. The molecule has 0 spiro atoms. The van der Waals surface area contributed by atoms with E-state index in [1.54, 1.807) is 7.05 Å². The van der Waals surface area contributed by atoms with Gasteiger partial charge in [-0.05, 0) is 18.9 Å². The Morgan fingerprint density at radius 2 is 2.00 bits per heavy atom. The Kier molecular flexibility index (Phi) is 4.79. The number of hydrogen-bond donors (Lipinski definition) is 1. The van der Waals surface area contributed by atoms with E-state index >= 15 is 0 Å². The maximum atomic E-state index is 12.2. The van der Waals surface area contributed by atoms with Crippen LogP contribution in [0.1, 0.15) is 16.8 Å². The van der Waals surface area contributed by atoms with Crippen LogP contribution in [-0.2, 0) is 20.0 Å². The summed E-state index contributed by atoms with van der Waals surface area (Å²) >= 11 is 5.72. The second kappa shape index (κ2) is 6.57. The van der Waals surface area contributed by atoms with Crippen LogP contribution in [0.25, 0.3) is 0 Å². The van der Waals surface area contributed by atoms with E-state index in [4.69, 9.17) is 11.6 Å². The van der Waals surface area contributed by atoms with Gasteiger partial charge in [0, 0.05) is 30.7 Å². The van der Waals surface area contributed by atoms with Crippen LogP contribution in [0.15, 0.2) is 35.1 Å². The first-order valence-electron chi connectivity index (χ1n) is 6.53. The molecule has 5 heteroatoms. The van der Waals surface area contributed by atoms with Crippen molar-refractivity contribution in [1.82, 2.24) is 9.55 Å². The van der Waals surface area contributed by atoms with Crippen molar-refractivity contribution < 1.29 is 0 Å². The zero-order valence-electron chi connectivity index (χ0n) is 11.7. The number of nitrogens with zero attached hydrogens (tertiary/aromatic N) is 2. The largest absolute Gasteiger partial charge is 0.351 e. The molecular formula is C15H18ClN3O. The molecule has 1 N–H and O–H groups in total. The molecule has 0 saturated carbocycles. The Labute approximate surface area is 123 Å². The predicted octanol–water partition coefficient (Wildman–Crippen LogP) is 2.48. The molecular weight excluding hydrogens is 274 g/mol. The van der Waals surface area contributed by atoms with Gasteiger partial charge in [0.2, 0.25) is 5.95 Å². The maximum Gasteiger partial charge on any atom is 0.258 e. The molecule has 0 radical (unpaired) electrons. The summed E-state index contributed by atoms with van der Waals surface area (Å²) in [7, 11) is 1.72. The number of aromatic nitrogens is 2. The first kappa shape index (κ1) is 14.6. The number of rotatable bonds is 5. The lowest BCUT2D eigenvalue weighted by Gasteiger charge is -2.13. The Morgan fingerprint density at radius 3 is 2.65 bits per heavy atom. The number of benzene rings is 1. The van der Waals surface area contributed by atoms with Crippen molar-refractivity contribution >= 4 is 17.5 Å². The summed E-state index contributed by atoms with van der Waals surface area (Å²) in [6.07, 6.45) is 0.548. The van der Waals surface area contributed by atoms with E-state index < -0.39 is 0 Å². The van der Waals surface area contributed by atoms with Gasteiger partial charge in [-0.15, -0.1) is 11.6 Å². The van der Waals surface area contributed by atoms with Gasteiger partial charge in [0.15, 0.2) is 0 Å². The van der Waals surface area contributed by atoms with Crippen LogP contribution in [0.3, 0.4) is 0 Å². The summed E-state index contributed by atoms with van der Waals surface area (Å²) in [6.45, 7) is 2.48. The molecule has 2 aromatic rings. The third-order valence-corrected chi connectivity index (χ3v) is 3.42. The van der Waals surface area contributed by atoms with Gasteiger partial charge in [0.05, 0.1) is 0 Å². The van der Waals surface area contributed by atoms with Crippen LogP contribution < -0.4 is 10.9 Å². The second-order valence-electron chi connectivity index (χ2n) is 4.64. The van der Waals surface area contributed by atoms with Gasteiger partial charge < -0.3 is 5.32 Å². The van der Waals surface area contributed by atoms with E-state index in [0.717, 1.165) is 11.3 Å². The van der Waals surface area contributed by atoms with Gasteiger partial charge in [-0.3, -0.25) is 9.36 Å². The third-order valence-electron chi connectivity index (χ3n) is 3.23. The average Bonchev–Trinajstić information content (AvgIpc) is 2.47. The van der Waals surface area contributed by atoms with E-state index in [9.17, 15) is 4.79 Å². The van der Waals surface area contributed by atoms with Crippen LogP contribution in [-0.4, -0.2) is 15.4 Å². The standard InChI is InChI=1S/C15H18ClN3O/c1-11-13(8-9-16)14(20)19(2)15(18-11)17-10-12-6-4-3-5-7-12/h3-7H,8-10H2,1-2H3,(H,17,18). The van der Waals surface area contributed by atoms with Gasteiger partial charge in [0.1, 0.15) is 0 Å². The molecule has 1 aromatic heterocycles. The lowest BCUT2D eigenvalue weighted by atomic mass is 10.2. The molecule has 0 unspecified atom stereocenters. The normalized spacial score (nSPS) is 10.6. The lowest BCUT2D eigenvalue weighted by Crippen LogP contribution is -2.27. The molecule has 0 amide bonds. The first-order chi connectivity index (χ1) is 9.63. The van der Waals surface area contributed by atoms with E-state index in [1.807, 2.05) is 37.3 Å². The minimum atomic E-state index is -0.0336. The second-order valence-corrected chi connectivity index (χ2v) is 5.02. The fourth-order valence-electron chi connectivity index (χ4n) is 2.07. The van der Waals surface area contributed by atoms with Crippen LogP contribution in [0.2, 0.25) is 0 Å². The summed E-state index contributed by atoms with van der Waals surface area (Å²) in [6, 6.07) is 10.00. The monoisotopic (exact) mass is 291 g/mol. The molecule has 1 heterocycles. The highest BCUT2D eigenvalue weighted by molar-refractivity contribution is 6.17. The Hall–Kier alpha value is -1.81. The molecule has 20 heavy (non-hydrogen) atoms. The van der Waals surface area contributed by atoms with Crippen molar-refractivity contribution in [1.29, 1.82) is 0 Å². The number of anilines is 1. The van der Waals surface area contributed by atoms with Crippen molar-refractivity contribution in [3.8, 4) is 0 Å². The van der Waals surface area contributed by atoms with E-state index in [2.05, 4.69) is 10.3 Å². The van der Waals surface area contributed by atoms with Gasteiger partial charge in [-0.1, -0.05) is 30.3 Å². The van der Waals surface area contributed by atoms with Crippen molar-refractivity contribution in [2.45, 2.75) is 19.9 Å². The maximum absolute atomic E-state index is 12.2. The summed E-state index contributed by atoms with van der Waals surface area (Å²) < 4.78 is 1.54. The van der Waals surface area contributed by atoms with Crippen molar-refractivity contribution in [3.05, 3.63) is 57.5 Å². The zero-order chi connectivity index (χ0) is 14.5. The quantitative estimate of drug-likeness (QED) is 0.861. The van der Waals surface area contributed by atoms with Crippen molar-refractivity contribution in [2.24, 2.45) is 7.05 Å². The predicted molar refractivity (Wildman–Crippen MR) is 82.4 cm³/mol. The summed E-state index contributed by atoms with van der Waals surface area (Å²) in [4.78, 5) is 16.7. The lowest BCUT2D eigenvalue weighted by molar-refractivity contribution is 0.786. The highest BCUT2D eigenvalue weighted by Gasteiger charge is 2.11. The van der Waals surface area contributed by atoms with Gasteiger partial charge in [0.25, 0.3) is 5.56 Å². The SMILES string of the molecule is Cc1nc(NCc2ccccc2)n(C)c(=O)c1CCCl. The summed E-state index contributed by atoms with van der Waals surface area (Å²) in [5.74, 6) is 1.00. The minimum Gasteiger partial charge on any atom is -0.351 e. The molecule has 4 nitrogen and oxygen atoms in total. The molecule has 2 rings (SSSR count). The van der Waals surface area contributed by atoms with Crippen LogP contribution in [0.5, 0.6) is 0 Å². The number of aryl methyl sites for hydroxylation is 1. The molecule has 0 aliphatic heterocycles. The highest BCUT2D eigenvalue weighted by Crippen LogP contribution is 2.08.